The molecule has 0 aliphatic heterocycles. The van der Waals surface area contributed by atoms with Gasteiger partial charge < -0.3 is 0 Å². The van der Waals surface area contributed by atoms with Gasteiger partial charge in [0, 0.05) is 16.0 Å². The summed E-state index contributed by atoms with van der Waals surface area (Å²) in [4.78, 5) is 0. The third-order valence-corrected chi connectivity index (χ3v) is 4.67. The highest BCUT2D eigenvalue weighted by Gasteiger charge is 2.44. The molecule has 0 aliphatic rings. The molecule has 2 aromatic carbocycles. The van der Waals surface area contributed by atoms with Crippen LogP contribution in [-0.4, -0.2) is 0 Å². The van der Waals surface area contributed by atoms with Crippen molar-refractivity contribution in [2.75, 3.05) is 0 Å². The van der Waals surface area contributed by atoms with Crippen LogP contribution in [0.3, 0.4) is 0 Å². The first kappa shape index (κ1) is 26.4. The molecule has 0 fully saturated rings. The fourth-order valence-corrected chi connectivity index (χ4v) is 3.25. The van der Waals surface area contributed by atoms with Gasteiger partial charge in [-0.2, -0.15) is 63.2 Å². The molecule has 0 aromatic heterocycles. The van der Waals surface area contributed by atoms with Crippen molar-refractivity contribution < 1.29 is 26.3 Å². The summed E-state index contributed by atoms with van der Waals surface area (Å²) >= 11 is 0. The summed E-state index contributed by atoms with van der Waals surface area (Å²) in [5.74, 6) is 0. The molecule has 2 aromatic rings. The van der Waals surface area contributed by atoms with Gasteiger partial charge in [-0.3, -0.25) is 0 Å². The zero-order valence-electron chi connectivity index (χ0n) is 17.1. The van der Waals surface area contributed by atoms with Crippen LogP contribution in [0.1, 0.15) is 38.9 Å². The zero-order valence-corrected chi connectivity index (χ0v) is 17.1. The average molecular weight is 491 g/mol. The van der Waals surface area contributed by atoms with Gasteiger partial charge in [-0.15, -0.1) is 0 Å². The summed E-state index contributed by atoms with van der Waals surface area (Å²) in [6.07, 6.45) is -11.0. The lowest BCUT2D eigenvalue weighted by molar-refractivity contribution is -0.141. The van der Waals surface area contributed by atoms with E-state index >= 15 is 0 Å². The number of halogens is 6. The van der Waals surface area contributed by atoms with Crippen LogP contribution in [0.25, 0.3) is 11.1 Å². The van der Waals surface area contributed by atoms with Gasteiger partial charge in [-0.25, -0.2) is 0 Å². The first-order valence-electron chi connectivity index (χ1n) is 8.93. The van der Waals surface area contributed by atoms with Gasteiger partial charge in [0.25, 0.3) is 0 Å². The summed E-state index contributed by atoms with van der Waals surface area (Å²) in [6.45, 7) is 0. The Bertz CT molecular complexity index is 1720. The van der Waals surface area contributed by atoms with Crippen LogP contribution in [0.2, 0.25) is 0 Å². The number of rotatable bonds is 1. The minimum atomic E-state index is -5.54. The second-order valence-corrected chi connectivity index (χ2v) is 6.57. The van der Waals surface area contributed by atoms with Gasteiger partial charge in [-0.1, -0.05) is 0 Å². The molecule has 0 aliphatic carbocycles. The Hall–Kier alpha value is -5.81. The van der Waals surface area contributed by atoms with Gasteiger partial charge in [0.15, 0.2) is 0 Å². The molecule has 0 saturated heterocycles. The number of nitriles is 7. The number of benzene rings is 2. The smallest absolute Gasteiger partial charge is 0.192 e. The van der Waals surface area contributed by atoms with Gasteiger partial charge in [0.1, 0.15) is 29.8 Å². The van der Waals surface area contributed by atoms with E-state index in [-0.39, 0.29) is 6.07 Å². The topological polar surface area (TPSA) is 167 Å². The van der Waals surface area contributed by atoms with E-state index in [2.05, 4.69) is 0 Å². The van der Waals surface area contributed by atoms with Gasteiger partial charge in [0.2, 0.25) is 0 Å². The van der Waals surface area contributed by atoms with Gasteiger partial charge >= 0.3 is 12.4 Å². The van der Waals surface area contributed by atoms with Gasteiger partial charge in [0.05, 0.1) is 57.2 Å². The Kier molecular flexibility index (Phi) is 7.04. The molecule has 172 valence electrons. The Labute approximate surface area is 197 Å². The number of hydrogen-bond acceptors (Lipinski definition) is 7. The molecule has 0 saturated carbocycles. The van der Waals surface area contributed by atoms with E-state index in [1.807, 2.05) is 0 Å². The predicted octanol–water partition coefficient (Wildman–Crippen LogP) is 3.13. The number of nitrogens with zero attached hydrogens (tertiary/aromatic N) is 7. The van der Waals surface area contributed by atoms with Crippen molar-refractivity contribution in [1.29, 1.82) is 36.8 Å². The molecule has 0 N–H and O–H groups in total. The standard InChI is InChI=1S/C23H3F6N7/c24-22(25,26)19-3-13(6-32)21(23(27,28)29)20(18(19)10-36)17(9-35)16-2-11(4-30)15(1-12(16)5-31)14(7-33)8-34/h1-3H/b17-16-. The summed E-state index contributed by atoms with van der Waals surface area (Å²) in [6, 6.07) is 10.3. The maximum Gasteiger partial charge on any atom is 0.418 e. The first-order chi connectivity index (χ1) is 16.8. The van der Waals surface area contributed by atoms with E-state index in [1.165, 1.54) is 30.3 Å². The van der Waals surface area contributed by atoms with E-state index in [9.17, 15) is 47.4 Å². The lowest BCUT2D eigenvalue weighted by Gasteiger charge is -2.19. The van der Waals surface area contributed by atoms with Gasteiger partial charge in [-0.05, 0) is 18.2 Å². The van der Waals surface area contributed by atoms with Crippen molar-refractivity contribution in [1.82, 2.24) is 0 Å². The molecule has 36 heavy (non-hydrogen) atoms. The molecule has 7 nitrogen and oxygen atoms in total. The summed E-state index contributed by atoms with van der Waals surface area (Å²) in [5, 5.41) is 64.1. The molecular weight excluding hydrogens is 488 g/mol. The second-order valence-electron chi connectivity index (χ2n) is 6.57. The predicted molar refractivity (Wildman–Crippen MR) is 104 cm³/mol. The Morgan fingerprint density at radius 1 is 0.583 bits per heavy atom. The summed E-state index contributed by atoms with van der Waals surface area (Å²) in [7, 11) is 0. The molecule has 0 unspecified atom stereocenters. The fourth-order valence-electron chi connectivity index (χ4n) is 3.25. The van der Waals surface area contributed by atoms with Crippen molar-refractivity contribution in [3.8, 4) is 42.5 Å². The van der Waals surface area contributed by atoms with Crippen LogP contribution in [0, 0.1) is 79.3 Å². The highest BCUT2D eigenvalue weighted by Crippen LogP contribution is 2.43. The molecule has 13 heteroatoms. The van der Waals surface area contributed by atoms with Crippen molar-refractivity contribution in [3.05, 3.63) is 67.6 Å². The SMILES string of the molecule is N#CC(C#N)=c1cc(C#N)/c(=C(/C#N)c2c(C#N)c(C(F)(F)F)cc(C#N)c2C(F)(F)F)cc1C#N. The molecule has 2 rings (SSSR count). The van der Waals surface area contributed by atoms with Crippen LogP contribution in [-0.2, 0) is 12.4 Å². The first-order valence-corrected chi connectivity index (χ1v) is 8.93. The summed E-state index contributed by atoms with van der Waals surface area (Å²) in [5.41, 5.74) is -12.0. The molecule has 0 spiro atoms. The molecule has 0 radical (unpaired) electrons. The highest BCUT2D eigenvalue weighted by molar-refractivity contribution is 5.85. The number of hydrogen-bond donors (Lipinski definition) is 0. The summed E-state index contributed by atoms with van der Waals surface area (Å²) < 4.78 is 82.8. The third kappa shape index (κ3) is 4.48. The largest absolute Gasteiger partial charge is 0.418 e. The van der Waals surface area contributed by atoms with E-state index in [0.717, 1.165) is 18.2 Å². The Morgan fingerprint density at radius 2 is 1.08 bits per heavy atom. The van der Waals surface area contributed by atoms with Crippen LogP contribution >= 0.6 is 0 Å². The Morgan fingerprint density at radius 3 is 1.47 bits per heavy atom. The maximum atomic E-state index is 14.0. The molecule has 0 amide bonds. The minimum Gasteiger partial charge on any atom is -0.192 e. The van der Waals surface area contributed by atoms with Crippen molar-refractivity contribution in [3.63, 3.8) is 0 Å². The molecule has 0 heterocycles. The maximum absolute atomic E-state index is 14.0. The highest BCUT2D eigenvalue weighted by atomic mass is 19.4. The Balaban J connectivity index is 3.50. The van der Waals surface area contributed by atoms with E-state index in [0.29, 0.717) is 6.07 Å². The van der Waals surface area contributed by atoms with Crippen molar-refractivity contribution >= 4 is 11.1 Å². The zero-order chi connectivity index (χ0) is 27.4. The van der Waals surface area contributed by atoms with Crippen molar-refractivity contribution in [2.24, 2.45) is 0 Å². The monoisotopic (exact) mass is 491 g/mol. The molecule has 0 bridgehead atoms. The lowest BCUT2D eigenvalue weighted by atomic mass is 9.86. The fraction of sp³-hybridized carbons (Fsp3) is 0.0870. The lowest BCUT2D eigenvalue weighted by Crippen LogP contribution is -2.24. The van der Waals surface area contributed by atoms with E-state index in [1.54, 1.807) is 0 Å². The van der Waals surface area contributed by atoms with Crippen LogP contribution in [0.4, 0.5) is 26.3 Å². The molecule has 0 atom stereocenters. The third-order valence-electron chi connectivity index (χ3n) is 4.67. The van der Waals surface area contributed by atoms with Crippen LogP contribution in [0.15, 0.2) is 18.2 Å². The number of alkyl halides is 6. The molecular formula is C23H3F6N7. The average Bonchev–Trinajstić information content (AvgIpc) is 2.83. The second kappa shape index (κ2) is 9.59. The minimum absolute atomic E-state index is 0.171. The van der Waals surface area contributed by atoms with Crippen LogP contribution in [0.5, 0.6) is 0 Å². The van der Waals surface area contributed by atoms with E-state index in [4.69, 9.17) is 15.8 Å². The quantitative estimate of drug-likeness (QED) is 0.552. The van der Waals surface area contributed by atoms with Crippen LogP contribution < -0.4 is 10.4 Å². The van der Waals surface area contributed by atoms with E-state index < -0.39 is 72.9 Å². The van der Waals surface area contributed by atoms with Crippen molar-refractivity contribution in [2.45, 2.75) is 12.4 Å². The normalized spacial score (nSPS) is 11.3.